The van der Waals surface area contributed by atoms with Gasteiger partial charge in [-0.2, -0.15) is 0 Å². The number of ether oxygens (including phenoxy) is 2. The van der Waals surface area contributed by atoms with Crippen LogP contribution < -0.4 is 19.1 Å². The van der Waals surface area contributed by atoms with Crippen LogP contribution in [0.15, 0.2) is 48.5 Å². The van der Waals surface area contributed by atoms with Gasteiger partial charge in [0.25, 0.3) is 0 Å². The summed E-state index contributed by atoms with van der Waals surface area (Å²) in [7, 11) is -2.04. The van der Waals surface area contributed by atoms with Crippen LogP contribution in [0.5, 0.6) is 11.5 Å². The van der Waals surface area contributed by atoms with Crippen molar-refractivity contribution < 1.29 is 27.5 Å². The van der Waals surface area contributed by atoms with Crippen LogP contribution in [0.25, 0.3) is 0 Å². The summed E-state index contributed by atoms with van der Waals surface area (Å²) < 4.78 is 37.4. The Labute approximate surface area is 227 Å². The molecule has 1 atom stereocenters. The molecule has 210 valence electrons. The van der Waals surface area contributed by atoms with E-state index in [9.17, 15) is 18.0 Å². The number of rotatable bonds is 16. The summed E-state index contributed by atoms with van der Waals surface area (Å²) in [5.74, 6) is 0.713. The summed E-state index contributed by atoms with van der Waals surface area (Å²) in [5.41, 5.74) is 1.29. The number of hydrogen-bond acceptors (Lipinski definition) is 6. The maximum atomic E-state index is 13.4. The Kier molecular flexibility index (Phi) is 12.4. The van der Waals surface area contributed by atoms with Crippen LogP contribution in [0.3, 0.4) is 0 Å². The highest BCUT2D eigenvalue weighted by molar-refractivity contribution is 7.92. The average molecular weight is 548 g/mol. The van der Waals surface area contributed by atoms with Crippen molar-refractivity contribution >= 4 is 27.5 Å². The van der Waals surface area contributed by atoms with Crippen LogP contribution in [0.4, 0.5) is 5.69 Å². The first-order chi connectivity index (χ1) is 18.1. The molecule has 2 aromatic carbocycles. The highest BCUT2D eigenvalue weighted by Crippen LogP contribution is 2.30. The zero-order valence-electron chi connectivity index (χ0n) is 23.1. The monoisotopic (exact) mass is 547 g/mol. The van der Waals surface area contributed by atoms with E-state index in [1.54, 1.807) is 43.2 Å². The highest BCUT2D eigenvalue weighted by Gasteiger charge is 2.27. The van der Waals surface area contributed by atoms with Gasteiger partial charge < -0.3 is 19.7 Å². The smallest absolute Gasteiger partial charge is 0.242 e. The largest absolute Gasteiger partial charge is 0.497 e. The third-order valence-electron chi connectivity index (χ3n) is 6.09. The Morgan fingerprint density at radius 2 is 1.71 bits per heavy atom. The molecule has 0 aliphatic heterocycles. The van der Waals surface area contributed by atoms with Gasteiger partial charge in [-0.3, -0.25) is 13.9 Å². The third kappa shape index (κ3) is 9.24. The van der Waals surface area contributed by atoms with Crippen molar-refractivity contribution in [2.75, 3.05) is 37.4 Å². The van der Waals surface area contributed by atoms with E-state index < -0.39 is 16.1 Å². The average Bonchev–Trinajstić information content (AvgIpc) is 2.89. The van der Waals surface area contributed by atoms with E-state index in [-0.39, 0.29) is 37.7 Å². The van der Waals surface area contributed by atoms with Crippen molar-refractivity contribution in [3.05, 3.63) is 54.1 Å². The summed E-state index contributed by atoms with van der Waals surface area (Å²) in [4.78, 5) is 27.8. The molecule has 0 bridgehead atoms. The van der Waals surface area contributed by atoms with Gasteiger partial charge in [0.05, 0.1) is 25.7 Å². The molecule has 0 aliphatic rings. The molecule has 10 heteroatoms. The Balaban J connectivity index is 2.19. The van der Waals surface area contributed by atoms with Crippen LogP contribution in [0.1, 0.15) is 52.0 Å². The number of nitrogens with zero attached hydrogens (tertiary/aromatic N) is 2. The lowest BCUT2D eigenvalue weighted by Gasteiger charge is -2.29. The molecule has 0 fully saturated rings. The predicted molar refractivity (Wildman–Crippen MR) is 150 cm³/mol. The minimum absolute atomic E-state index is 0.0750. The van der Waals surface area contributed by atoms with Gasteiger partial charge in [0.1, 0.15) is 17.5 Å². The first kappa shape index (κ1) is 31.0. The first-order valence-corrected chi connectivity index (χ1v) is 14.9. The van der Waals surface area contributed by atoms with Gasteiger partial charge in [-0.05, 0) is 56.5 Å². The molecule has 38 heavy (non-hydrogen) atoms. The van der Waals surface area contributed by atoms with Crippen LogP contribution in [-0.2, 0) is 26.2 Å². The van der Waals surface area contributed by atoms with Crippen LogP contribution in [0.2, 0.25) is 0 Å². The molecule has 0 unspecified atom stereocenters. The molecular formula is C28H41N3O6S. The molecule has 2 rings (SSSR count). The number of sulfonamides is 1. The number of hydrogen-bond donors (Lipinski definition) is 1. The minimum atomic E-state index is -3.62. The fraction of sp³-hybridized carbons (Fsp3) is 0.500. The molecule has 0 spiro atoms. The van der Waals surface area contributed by atoms with Gasteiger partial charge in [0.2, 0.25) is 21.8 Å². The summed E-state index contributed by atoms with van der Waals surface area (Å²) >= 11 is 0. The highest BCUT2D eigenvalue weighted by atomic mass is 32.2. The van der Waals surface area contributed by atoms with Crippen LogP contribution in [0, 0.1) is 0 Å². The number of carbonyl (C=O) groups is 2. The number of para-hydroxylation sites is 2. The molecule has 1 N–H and O–H groups in total. The minimum Gasteiger partial charge on any atom is -0.497 e. The van der Waals surface area contributed by atoms with Crippen molar-refractivity contribution in [1.29, 1.82) is 0 Å². The second-order valence-corrected chi connectivity index (χ2v) is 10.9. The molecule has 0 saturated heterocycles. The van der Waals surface area contributed by atoms with E-state index in [1.165, 1.54) is 4.31 Å². The molecule has 0 radical (unpaired) electrons. The summed E-state index contributed by atoms with van der Waals surface area (Å²) in [6.07, 6.45) is 3.29. The SMILES string of the molecule is CCCCNC(=O)[C@H](C)N(Cc1ccc(OC)cc1)C(=O)CCCN(c1ccccc1OCC)S(C)(=O)=O. The fourth-order valence-corrected chi connectivity index (χ4v) is 4.94. The molecule has 9 nitrogen and oxygen atoms in total. The van der Waals surface area contributed by atoms with Gasteiger partial charge >= 0.3 is 0 Å². The summed E-state index contributed by atoms with van der Waals surface area (Å²) in [6, 6.07) is 13.6. The van der Waals surface area contributed by atoms with Crippen molar-refractivity contribution in [2.24, 2.45) is 0 Å². The number of amides is 2. The zero-order chi connectivity index (χ0) is 28.1. The Hall–Kier alpha value is -3.27. The standard InChI is InChI=1S/C28H41N3O6S/c1-6-8-19-29-28(33)22(3)30(21-23-15-17-24(36-4)18-16-23)27(32)14-11-20-31(38(5,34)35)25-12-9-10-13-26(25)37-7-2/h9-10,12-13,15-18,22H,6-8,11,14,19-21H2,1-5H3,(H,29,33)/t22-/m0/s1. The second-order valence-electron chi connectivity index (χ2n) is 9.03. The number of nitrogens with one attached hydrogen (secondary N) is 1. The van der Waals surface area contributed by atoms with Crippen molar-refractivity contribution in [1.82, 2.24) is 10.2 Å². The van der Waals surface area contributed by atoms with Crippen LogP contribution in [-0.4, -0.2) is 64.2 Å². The molecule has 0 heterocycles. The molecular weight excluding hydrogens is 506 g/mol. The lowest BCUT2D eigenvalue weighted by Crippen LogP contribution is -2.48. The Morgan fingerprint density at radius 1 is 1.03 bits per heavy atom. The Morgan fingerprint density at radius 3 is 2.32 bits per heavy atom. The lowest BCUT2D eigenvalue weighted by molar-refractivity contribution is -0.140. The van der Waals surface area contributed by atoms with Crippen molar-refractivity contribution in [3.8, 4) is 11.5 Å². The van der Waals surface area contributed by atoms with Gasteiger partial charge in [-0.1, -0.05) is 37.6 Å². The maximum absolute atomic E-state index is 13.4. The third-order valence-corrected chi connectivity index (χ3v) is 7.27. The van der Waals surface area contributed by atoms with E-state index >= 15 is 0 Å². The van der Waals surface area contributed by atoms with E-state index in [2.05, 4.69) is 5.32 Å². The summed E-state index contributed by atoms with van der Waals surface area (Å²) in [5, 5.41) is 2.90. The molecule has 0 aliphatic carbocycles. The number of methoxy groups -OCH3 is 1. The van der Waals surface area contributed by atoms with E-state index in [4.69, 9.17) is 9.47 Å². The topological polar surface area (TPSA) is 105 Å². The fourth-order valence-electron chi connectivity index (χ4n) is 3.97. The first-order valence-electron chi connectivity index (χ1n) is 13.0. The predicted octanol–water partition coefficient (Wildman–Crippen LogP) is 3.97. The molecule has 0 saturated carbocycles. The molecule has 0 aromatic heterocycles. The van der Waals surface area contributed by atoms with E-state index in [0.29, 0.717) is 30.3 Å². The Bertz CT molecular complexity index is 1140. The van der Waals surface area contributed by atoms with Crippen LogP contribution >= 0.6 is 0 Å². The van der Waals surface area contributed by atoms with Gasteiger partial charge in [0.15, 0.2) is 0 Å². The summed E-state index contributed by atoms with van der Waals surface area (Å²) in [6.45, 7) is 6.87. The molecule has 2 amide bonds. The second kappa shape index (κ2) is 15.2. The van der Waals surface area contributed by atoms with Crippen molar-refractivity contribution in [3.63, 3.8) is 0 Å². The quantitative estimate of drug-likeness (QED) is 0.319. The van der Waals surface area contributed by atoms with Gasteiger partial charge in [-0.25, -0.2) is 8.42 Å². The normalized spacial score (nSPS) is 11.9. The van der Waals surface area contributed by atoms with E-state index in [1.807, 2.05) is 38.1 Å². The van der Waals surface area contributed by atoms with Crippen molar-refractivity contribution in [2.45, 2.75) is 59.0 Å². The number of unbranched alkanes of at least 4 members (excludes halogenated alkanes) is 1. The maximum Gasteiger partial charge on any atom is 0.242 e. The lowest BCUT2D eigenvalue weighted by atomic mass is 10.1. The van der Waals surface area contributed by atoms with Gasteiger partial charge in [0, 0.05) is 26.1 Å². The van der Waals surface area contributed by atoms with E-state index in [0.717, 1.165) is 24.7 Å². The van der Waals surface area contributed by atoms with Gasteiger partial charge in [-0.15, -0.1) is 0 Å². The molecule has 2 aromatic rings. The number of benzene rings is 2. The number of anilines is 1. The zero-order valence-corrected chi connectivity index (χ0v) is 23.9. The number of carbonyl (C=O) groups excluding carboxylic acids is 2.